The molecule has 4 N–H and O–H groups in total. The van der Waals surface area contributed by atoms with E-state index in [0.29, 0.717) is 0 Å². The van der Waals surface area contributed by atoms with E-state index < -0.39 is 59.8 Å². The summed E-state index contributed by atoms with van der Waals surface area (Å²) in [5, 5.41) is 20.3. The highest BCUT2D eigenvalue weighted by atomic mass is 19.4. The molecule has 0 aliphatic rings. The first kappa shape index (κ1) is 20.3. The number of alkyl halides is 3. The molecule has 0 saturated carbocycles. The Kier molecular flexibility index (Phi) is 7.65. The van der Waals surface area contributed by atoms with Gasteiger partial charge in [0.05, 0.1) is 18.6 Å². The molecule has 1 amide bonds. The van der Waals surface area contributed by atoms with Gasteiger partial charge < -0.3 is 20.5 Å². The second-order valence-electron chi connectivity index (χ2n) is 3.81. The van der Waals surface area contributed by atoms with Crippen molar-refractivity contribution in [1.29, 1.82) is 5.41 Å². The van der Waals surface area contributed by atoms with Gasteiger partial charge in [0.1, 0.15) is 6.61 Å². The highest BCUT2D eigenvalue weighted by Crippen LogP contribution is 2.14. The van der Waals surface area contributed by atoms with Crippen molar-refractivity contribution in [1.82, 2.24) is 5.32 Å². The van der Waals surface area contributed by atoms with Gasteiger partial charge in [-0.05, 0) is 0 Å². The van der Waals surface area contributed by atoms with Gasteiger partial charge in [-0.15, -0.1) is 0 Å². The van der Waals surface area contributed by atoms with Crippen LogP contribution < -0.4 is 11.1 Å². The Balaban J connectivity index is 5.09. The first-order valence-corrected chi connectivity index (χ1v) is 5.75. The molecular weight excluding hydrogens is 329 g/mol. The molecular formula is C10H13F3N4O6. The van der Waals surface area contributed by atoms with Crippen molar-refractivity contribution in [3.8, 4) is 0 Å². The highest BCUT2D eigenvalue weighted by Gasteiger charge is 2.33. The Morgan fingerprint density at radius 3 is 2.35 bits per heavy atom. The molecule has 0 aliphatic heterocycles. The standard InChI is InChI=1S/C10H13F3N4O6/c1-22-9(19)5(14)7(17(20)21)6(8(15)18)16-2-3-23-4-10(11,12)13/h14,16H,2-4H2,1H3,(H2,15,18)/b7-6+,14-5?. The molecule has 0 heterocycles. The number of ether oxygens (including phenoxy) is 2. The maximum absolute atomic E-state index is 11.8. The Morgan fingerprint density at radius 1 is 1.39 bits per heavy atom. The van der Waals surface area contributed by atoms with Gasteiger partial charge in [0.2, 0.25) is 5.71 Å². The van der Waals surface area contributed by atoms with Gasteiger partial charge in [-0.3, -0.25) is 20.3 Å². The molecule has 0 aromatic carbocycles. The van der Waals surface area contributed by atoms with E-state index in [4.69, 9.17) is 11.1 Å². The SMILES string of the molecule is COC(=O)C(=N)/C(=C(\NCCOCC(F)(F)F)C(N)=O)[N+](=O)[O-]. The number of carbonyl (C=O) groups excluding carboxylic acids is 2. The number of hydrogen-bond donors (Lipinski definition) is 3. The molecule has 23 heavy (non-hydrogen) atoms. The molecule has 0 aromatic heterocycles. The highest BCUT2D eigenvalue weighted by molar-refractivity contribution is 6.41. The van der Waals surface area contributed by atoms with Crippen LogP contribution in [0, 0.1) is 15.5 Å². The summed E-state index contributed by atoms with van der Waals surface area (Å²) in [6, 6.07) is 0. The monoisotopic (exact) mass is 342 g/mol. The molecule has 13 heteroatoms. The van der Waals surface area contributed by atoms with Gasteiger partial charge in [0, 0.05) is 6.54 Å². The van der Waals surface area contributed by atoms with Crippen molar-refractivity contribution in [3.05, 3.63) is 21.5 Å². The molecule has 0 rings (SSSR count). The second kappa shape index (κ2) is 8.67. The predicted octanol–water partition coefficient (Wildman–Crippen LogP) is -0.679. The van der Waals surface area contributed by atoms with Gasteiger partial charge in [-0.1, -0.05) is 0 Å². The van der Waals surface area contributed by atoms with Crippen molar-refractivity contribution in [2.24, 2.45) is 5.73 Å². The van der Waals surface area contributed by atoms with Crippen LogP contribution in [-0.2, 0) is 19.1 Å². The minimum absolute atomic E-state index is 0.458. The van der Waals surface area contributed by atoms with E-state index in [1.807, 2.05) is 0 Å². The predicted molar refractivity (Wildman–Crippen MR) is 67.8 cm³/mol. The number of carbonyl (C=O) groups is 2. The number of hydrogen-bond acceptors (Lipinski definition) is 8. The van der Waals surface area contributed by atoms with Gasteiger partial charge in [-0.25, -0.2) is 4.79 Å². The summed E-state index contributed by atoms with van der Waals surface area (Å²) in [5.41, 5.74) is 1.46. The normalized spacial score (nSPS) is 12.2. The number of nitrogens with one attached hydrogen (secondary N) is 2. The van der Waals surface area contributed by atoms with Crippen molar-refractivity contribution >= 4 is 17.6 Å². The van der Waals surface area contributed by atoms with Gasteiger partial charge in [-0.2, -0.15) is 13.2 Å². The maximum atomic E-state index is 11.8. The zero-order chi connectivity index (χ0) is 18.2. The third-order valence-corrected chi connectivity index (χ3v) is 2.11. The molecule has 0 aromatic rings. The van der Waals surface area contributed by atoms with Crippen LogP contribution in [0.25, 0.3) is 0 Å². The van der Waals surface area contributed by atoms with E-state index in [9.17, 15) is 32.9 Å². The van der Waals surface area contributed by atoms with Crippen molar-refractivity contribution < 1.29 is 37.2 Å². The Hall–Kier alpha value is -2.70. The fourth-order valence-electron chi connectivity index (χ4n) is 1.23. The van der Waals surface area contributed by atoms with Crippen molar-refractivity contribution in [2.45, 2.75) is 6.18 Å². The smallest absolute Gasteiger partial charge is 0.411 e. The minimum atomic E-state index is -4.55. The average Bonchev–Trinajstić information content (AvgIpc) is 2.42. The summed E-state index contributed by atoms with van der Waals surface area (Å²) in [7, 11) is 0.858. The van der Waals surface area contributed by atoms with Gasteiger partial charge >= 0.3 is 17.8 Å². The van der Waals surface area contributed by atoms with Gasteiger partial charge in [0.25, 0.3) is 5.91 Å². The van der Waals surface area contributed by atoms with E-state index in [-0.39, 0.29) is 0 Å². The molecule has 10 nitrogen and oxygen atoms in total. The van der Waals surface area contributed by atoms with Crippen LogP contribution >= 0.6 is 0 Å². The second-order valence-corrected chi connectivity index (χ2v) is 3.81. The molecule has 0 spiro atoms. The lowest BCUT2D eigenvalue weighted by Gasteiger charge is -2.10. The van der Waals surface area contributed by atoms with Crippen molar-refractivity contribution in [2.75, 3.05) is 26.9 Å². The lowest BCUT2D eigenvalue weighted by Crippen LogP contribution is -2.35. The topological polar surface area (TPSA) is 158 Å². The van der Waals surface area contributed by atoms with E-state index in [2.05, 4.69) is 14.8 Å². The van der Waals surface area contributed by atoms with Crippen LogP contribution in [0.1, 0.15) is 0 Å². The average molecular weight is 342 g/mol. The lowest BCUT2D eigenvalue weighted by molar-refractivity contribution is -0.416. The molecule has 0 radical (unpaired) electrons. The number of methoxy groups -OCH3 is 1. The summed E-state index contributed by atoms with van der Waals surface area (Å²) < 4.78 is 43.9. The minimum Gasteiger partial charge on any atom is -0.464 e. The van der Waals surface area contributed by atoms with E-state index in [0.717, 1.165) is 7.11 Å². The first-order chi connectivity index (χ1) is 10.5. The molecule has 0 aliphatic carbocycles. The molecule has 0 atom stereocenters. The summed E-state index contributed by atoms with van der Waals surface area (Å²) in [4.78, 5) is 32.0. The third-order valence-electron chi connectivity index (χ3n) is 2.11. The van der Waals surface area contributed by atoms with Crippen LogP contribution in [-0.4, -0.2) is 55.6 Å². The number of esters is 1. The molecule has 130 valence electrons. The zero-order valence-electron chi connectivity index (χ0n) is 11.7. The third kappa shape index (κ3) is 7.21. The number of nitrogens with two attached hydrogens (primary N) is 1. The van der Waals surface area contributed by atoms with Crippen molar-refractivity contribution in [3.63, 3.8) is 0 Å². The number of amides is 1. The summed E-state index contributed by atoms with van der Waals surface area (Å²) >= 11 is 0. The Morgan fingerprint density at radius 2 is 1.96 bits per heavy atom. The number of primary amides is 1. The van der Waals surface area contributed by atoms with Crippen LogP contribution in [0.2, 0.25) is 0 Å². The van der Waals surface area contributed by atoms with Crippen LogP contribution in [0.3, 0.4) is 0 Å². The Labute approximate surface area is 127 Å². The number of nitro groups is 1. The number of rotatable bonds is 9. The molecule has 0 unspecified atom stereocenters. The molecule has 0 bridgehead atoms. The van der Waals surface area contributed by atoms with Crippen LogP contribution in [0.4, 0.5) is 13.2 Å². The number of halogens is 3. The fraction of sp³-hybridized carbons (Fsp3) is 0.500. The fourth-order valence-corrected chi connectivity index (χ4v) is 1.23. The largest absolute Gasteiger partial charge is 0.464 e. The molecule has 0 fully saturated rings. The lowest BCUT2D eigenvalue weighted by atomic mass is 10.2. The molecule has 0 saturated heterocycles. The quantitative estimate of drug-likeness (QED) is 0.125. The van der Waals surface area contributed by atoms with Crippen LogP contribution in [0.5, 0.6) is 0 Å². The van der Waals surface area contributed by atoms with E-state index in [1.54, 1.807) is 0 Å². The van der Waals surface area contributed by atoms with Crippen LogP contribution in [0.15, 0.2) is 11.4 Å². The zero-order valence-corrected chi connectivity index (χ0v) is 11.7. The summed E-state index contributed by atoms with van der Waals surface area (Å²) in [6.45, 7) is -2.57. The van der Waals surface area contributed by atoms with Gasteiger partial charge in [0.15, 0.2) is 5.70 Å². The Bertz CT molecular complexity index is 531. The van der Waals surface area contributed by atoms with E-state index in [1.165, 1.54) is 0 Å². The number of nitrogens with zero attached hydrogens (tertiary/aromatic N) is 1. The van der Waals surface area contributed by atoms with E-state index >= 15 is 0 Å². The first-order valence-electron chi connectivity index (χ1n) is 5.75. The maximum Gasteiger partial charge on any atom is 0.411 e. The summed E-state index contributed by atoms with van der Waals surface area (Å²) in [5.74, 6) is -2.79. The summed E-state index contributed by atoms with van der Waals surface area (Å²) in [6.07, 6.45) is -4.55.